The molecule has 30 heavy (non-hydrogen) atoms. The number of rotatable bonds is 8. The number of methoxy groups -OCH3 is 1. The molecule has 0 aliphatic rings. The molecule has 9 heteroatoms. The molecule has 0 aliphatic carbocycles. The zero-order chi connectivity index (χ0) is 20.9. The van der Waals surface area contributed by atoms with E-state index < -0.39 is 5.82 Å². The maximum Gasteiger partial charge on any atom is 0.192 e. The molecule has 4 aromatic rings. The van der Waals surface area contributed by atoms with Crippen LogP contribution in [0, 0.1) is 5.82 Å². The Morgan fingerprint density at radius 2 is 2.13 bits per heavy atom. The lowest BCUT2D eigenvalue weighted by Gasteiger charge is -2.10. The number of halogens is 1. The Morgan fingerprint density at radius 1 is 1.23 bits per heavy atom. The molecule has 4 rings (SSSR count). The minimum Gasteiger partial charge on any atom is -0.496 e. The van der Waals surface area contributed by atoms with Gasteiger partial charge in [0.25, 0.3) is 0 Å². The smallest absolute Gasteiger partial charge is 0.192 e. The third kappa shape index (κ3) is 4.25. The fourth-order valence-electron chi connectivity index (χ4n) is 2.91. The van der Waals surface area contributed by atoms with E-state index in [9.17, 15) is 9.18 Å². The number of aromatic nitrogens is 4. The van der Waals surface area contributed by atoms with E-state index in [4.69, 9.17) is 9.15 Å². The van der Waals surface area contributed by atoms with E-state index in [1.165, 1.54) is 37.1 Å². The average Bonchev–Trinajstić information content (AvgIpc) is 3.43. The topological polar surface area (TPSA) is 83.0 Å². The second-order valence-corrected chi connectivity index (χ2v) is 7.21. The number of benzene rings is 1. The SMILES string of the molecule is COc1ccc(F)cc1C(=O)CSc1nnc(-c2cccnc2)n1Cc1ccco1. The van der Waals surface area contributed by atoms with Crippen LogP contribution in [0.3, 0.4) is 0 Å². The van der Waals surface area contributed by atoms with Gasteiger partial charge in [0.2, 0.25) is 0 Å². The van der Waals surface area contributed by atoms with Crippen molar-refractivity contribution in [3.05, 3.63) is 78.3 Å². The van der Waals surface area contributed by atoms with Crippen molar-refractivity contribution in [1.29, 1.82) is 0 Å². The van der Waals surface area contributed by atoms with Crippen molar-refractivity contribution in [3.63, 3.8) is 0 Å². The van der Waals surface area contributed by atoms with Gasteiger partial charge in [0, 0.05) is 18.0 Å². The lowest BCUT2D eigenvalue weighted by molar-refractivity contribution is 0.101. The number of thioether (sulfide) groups is 1. The van der Waals surface area contributed by atoms with E-state index in [1.807, 2.05) is 22.8 Å². The molecule has 0 N–H and O–H groups in total. The summed E-state index contributed by atoms with van der Waals surface area (Å²) in [5.41, 5.74) is 0.983. The van der Waals surface area contributed by atoms with Crippen molar-refractivity contribution in [3.8, 4) is 17.1 Å². The largest absolute Gasteiger partial charge is 0.496 e. The normalized spacial score (nSPS) is 10.9. The van der Waals surface area contributed by atoms with Crippen molar-refractivity contribution in [2.45, 2.75) is 11.7 Å². The highest BCUT2D eigenvalue weighted by molar-refractivity contribution is 7.99. The van der Waals surface area contributed by atoms with E-state index in [0.29, 0.717) is 23.3 Å². The Balaban J connectivity index is 1.60. The summed E-state index contributed by atoms with van der Waals surface area (Å²) in [7, 11) is 1.44. The molecule has 152 valence electrons. The van der Waals surface area contributed by atoms with Crippen molar-refractivity contribution in [2.24, 2.45) is 0 Å². The van der Waals surface area contributed by atoms with Gasteiger partial charge in [-0.25, -0.2) is 4.39 Å². The van der Waals surface area contributed by atoms with Gasteiger partial charge < -0.3 is 9.15 Å². The maximum absolute atomic E-state index is 13.6. The van der Waals surface area contributed by atoms with Gasteiger partial charge in [-0.05, 0) is 42.5 Å². The molecule has 0 atom stereocenters. The zero-order valence-corrected chi connectivity index (χ0v) is 16.8. The standard InChI is InChI=1S/C21H17FN4O3S/c1-28-19-7-6-15(22)10-17(19)18(27)13-30-21-25-24-20(14-4-2-8-23-11-14)26(21)12-16-5-3-9-29-16/h2-11H,12-13H2,1H3. The molecule has 0 saturated carbocycles. The predicted octanol–water partition coefficient (Wildman–Crippen LogP) is 4.10. The second kappa shape index (κ2) is 8.91. The van der Waals surface area contributed by atoms with Crippen LogP contribution in [0.2, 0.25) is 0 Å². The van der Waals surface area contributed by atoms with Crippen LogP contribution >= 0.6 is 11.8 Å². The number of carbonyl (C=O) groups is 1. The molecule has 0 unspecified atom stereocenters. The number of ether oxygens (including phenoxy) is 1. The van der Waals surface area contributed by atoms with Crippen LogP contribution in [0.25, 0.3) is 11.4 Å². The van der Waals surface area contributed by atoms with Gasteiger partial charge in [-0.1, -0.05) is 11.8 Å². The fraction of sp³-hybridized carbons (Fsp3) is 0.143. The first-order chi connectivity index (χ1) is 14.7. The minimum absolute atomic E-state index is 0.0448. The molecule has 0 spiro atoms. The number of pyridine rings is 1. The van der Waals surface area contributed by atoms with E-state index in [2.05, 4.69) is 15.2 Å². The first kappa shape index (κ1) is 19.8. The van der Waals surface area contributed by atoms with E-state index in [1.54, 1.807) is 24.7 Å². The Labute approximate surface area is 175 Å². The molecule has 7 nitrogen and oxygen atoms in total. The zero-order valence-electron chi connectivity index (χ0n) is 16.0. The first-order valence-electron chi connectivity index (χ1n) is 9.01. The van der Waals surface area contributed by atoms with Crippen molar-refractivity contribution >= 4 is 17.5 Å². The van der Waals surface area contributed by atoms with E-state index >= 15 is 0 Å². The van der Waals surface area contributed by atoms with Crippen molar-refractivity contribution < 1.29 is 18.3 Å². The Bertz CT molecular complexity index is 1150. The summed E-state index contributed by atoms with van der Waals surface area (Å²) in [5.74, 6) is 0.937. The minimum atomic E-state index is -0.496. The van der Waals surface area contributed by atoms with Crippen LogP contribution in [0.5, 0.6) is 5.75 Å². The van der Waals surface area contributed by atoms with Gasteiger partial charge in [-0.15, -0.1) is 10.2 Å². The van der Waals surface area contributed by atoms with Crippen LogP contribution < -0.4 is 4.74 Å². The molecule has 1 aromatic carbocycles. The molecular formula is C21H17FN4O3S. The van der Waals surface area contributed by atoms with Crippen LogP contribution in [0.4, 0.5) is 4.39 Å². The second-order valence-electron chi connectivity index (χ2n) is 6.27. The van der Waals surface area contributed by atoms with Gasteiger partial charge in [-0.2, -0.15) is 0 Å². The number of hydrogen-bond donors (Lipinski definition) is 0. The maximum atomic E-state index is 13.6. The lowest BCUT2D eigenvalue weighted by Crippen LogP contribution is -2.08. The third-order valence-electron chi connectivity index (χ3n) is 4.32. The molecule has 3 heterocycles. The van der Waals surface area contributed by atoms with E-state index in [0.717, 1.165) is 11.3 Å². The fourth-order valence-corrected chi connectivity index (χ4v) is 3.73. The molecule has 0 saturated heterocycles. The summed E-state index contributed by atoms with van der Waals surface area (Å²) in [6, 6.07) is 11.2. The number of ketones is 1. The predicted molar refractivity (Wildman–Crippen MR) is 109 cm³/mol. The summed E-state index contributed by atoms with van der Waals surface area (Å²) >= 11 is 1.21. The van der Waals surface area contributed by atoms with Crippen LogP contribution in [0.15, 0.2) is 70.7 Å². The number of nitrogens with zero attached hydrogens (tertiary/aromatic N) is 4. The highest BCUT2D eigenvalue weighted by atomic mass is 32.2. The third-order valence-corrected chi connectivity index (χ3v) is 5.29. The molecule has 0 radical (unpaired) electrons. The van der Waals surface area contributed by atoms with Crippen LogP contribution in [-0.2, 0) is 6.54 Å². The average molecular weight is 424 g/mol. The first-order valence-corrected chi connectivity index (χ1v) is 10.00. The highest BCUT2D eigenvalue weighted by Gasteiger charge is 2.19. The summed E-state index contributed by atoms with van der Waals surface area (Å²) in [6.45, 7) is 0.393. The highest BCUT2D eigenvalue weighted by Crippen LogP contribution is 2.27. The molecule has 0 aliphatic heterocycles. The Hall–Kier alpha value is -3.46. The number of carbonyl (C=O) groups excluding carboxylic acids is 1. The molecule has 0 amide bonds. The lowest BCUT2D eigenvalue weighted by atomic mass is 10.1. The Kier molecular flexibility index (Phi) is 5.89. The monoisotopic (exact) mass is 424 g/mol. The van der Waals surface area contributed by atoms with Crippen LogP contribution in [-0.4, -0.2) is 38.4 Å². The quantitative estimate of drug-likeness (QED) is 0.311. The van der Waals surface area contributed by atoms with Crippen molar-refractivity contribution in [1.82, 2.24) is 19.7 Å². The summed E-state index contributed by atoms with van der Waals surface area (Å²) in [5, 5.41) is 9.06. The molecule has 3 aromatic heterocycles. The summed E-state index contributed by atoms with van der Waals surface area (Å²) in [6.07, 6.45) is 4.97. The van der Waals surface area contributed by atoms with Gasteiger partial charge >= 0.3 is 0 Å². The van der Waals surface area contributed by atoms with E-state index in [-0.39, 0.29) is 17.1 Å². The molecular weight excluding hydrogens is 407 g/mol. The summed E-state index contributed by atoms with van der Waals surface area (Å²) < 4.78 is 26.1. The van der Waals surface area contributed by atoms with Crippen LogP contribution in [0.1, 0.15) is 16.1 Å². The Morgan fingerprint density at radius 3 is 2.87 bits per heavy atom. The molecule has 0 bridgehead atoms. The van der Waals surface area contributed by atoms with Crippen molar-refractivity contribution in [2.75, 3.05) is 12.9 Å². The summed E-state index contributed by atoms with van der Waals surface area (Å²) in [4.78, 5) is 16.8. The number of furan rings is 1. The van der Waals surface area contributed by atoms with Gasteiger partial charge in [0.05, 0.1) is 31.2 Å². The number of hydrogen-bond acceptors (Lipinski definition) is 7. The number of Topliss-reactive ketones (excluding diaryl/α,β-unsaturated/α-hetero) is 1. The van der Waals surface area contributed by atoms with Gasteiger partial charge in [-0.3, -0.25) is 14.3 Å². The van der Waals surface area contributed by atoms with Gasteiger partial charge in [0.15, 0.2) is 16.8 Å². The molecule has 0 fully saturated rings. The van der Waals surface area contributed by atoms with Gasteiger partial charge in [0.1, 0.15) is 17.3 Å².